The zero-order chi connectivity index (χ0) is 16.0. The molecule has 2 rings (SSSR count). The van der Waals surface area contributed by atoms with Gasteiger partial charge in [0.25, 0.3) is 0 Å². The van der Waals surface area contributed by atoms with Crippen molar-refractivity contribution in [1.29, 1.82) is 0 Å². The van der Waals surface area contributed by atoms with Crippen LogP contribution in [0.3, 0.4) is 0 Å². The van der Waals surface area contributed by atoms with Crippen LogP contribution in [0.4, 0.5) is 0 Å². The minimum Gasteiger partial charge on any atom is -0.378 e. The lowest BCUT2D eigenvalue weighted by atomic mass is 9.56. The SMILES string of the molecule is CC.[B]C([B])(c1cccc(COC)n1)N1CC(C(C)C)C1. The maximum Gasteiger partial charge on any atom is 0.0909 e. The number of aromatic nitrogens is 1. The molecule has 0 aliphatic carbocycles. The van der Waals surface area contributed by atoms with Crippen molar-refractivity contribution >= 4 is 15.7 Å². The van der Waals surface area contributed by atoms with E-state index in [1.165, 1.54) is 0 Å². The summed E-state index contributed by atoms with van der Waals surface area (Å²) < 4.78 is 5.09. The molecule has 21 heavy (non-hydrogen) atoms. The molecule has 0 unspecified atom stereocenters. The second kappa shape index (κ2) is 8.00. The van der Waals surface area contributed by atoms with Crippen LogP contribution in [0.5, 0.6) is 0 Å². The first-order chi connectivity index (χ1) is 9.95. The Morgan fingerprint density at radius 2 is 1.95 bits per heavy atom. The quantitative estimate of drug-likeness (QED) is 0.776. The molecule has 0 atom stereocenters. The van der Waals surface area contributed by atoms with Crippen LogP contribution < -0.4 is 0 Å². The molecule has 0 N–H and O–H groups in total. The van der Waals surface area contributed by atoms with E-state index in [0.717, 1.165) is 18.8 Å². The second-order valence-corrected chi connectivity index (χ2v) is 5.68. The van der Waals surface area contributed by atoms with Crippen LogP contribution in [0.15, 0.2) is 18.2 Å². The fourth-order valence-corrected chi connectivity index (χ4v) is 2.33. The summed E-state index contributed by atoms with van der Waals surface area (Å²) in [6.45, 7) is 10.8. The van der Waals surface area contributed by atoms with Crippen LogP contribution in [0, 0.1) is 11.8 Å². The molecule has 1 saturated heterocycles. The number of methoxy groups -OCH3 is 1. The molecule has 1 aromatic heterocycles. The standard InChI is InChI=1S/C14H20B2N2O.C2H6/c1-10(2)11-7-18(8-11)14(15,16)13-6-4-5-12(17-13)9-19-3;1-2/h4-6,10-11H,7-9H2,1-3H3;1-2H3. The van der Waals surface area contributed by atoms with E-state index in [-0.39, 0.29) is 0 Å². The van der Waals surface area contributed by atoms with Crippen LogP contribution in [-0.4, -0.2) is 45.8 Å². The van der Waals surface area contributed by atoms with E-state index in [9.17, 15) is 0 Å². The van der Waals surface area contributed by atoms with Crippen molar-refractivity contribution in [3.63, 3.8) is 0 Å². The molecule has 0 bridgehead atoms. The molecule has 112 valence electrons. The zero-order valence-electron chi connectivity index (χ0n) is 14.0. The first-order valence-electron chi connectivity index (χ1n) is 7.73. The van der Waals surface area contributed by atoms with Crippen LogP contribution in [0.25, 0.3) is 0 Å². The number of ether oxygens (including phenoxy) is 1. The summed E-state index contributed by atoms with van der Waals surface area (Å²) in [6, 6.07) is 5.71. The Labute approximate surface area is 132 Å². The van der Waals surface area contributed by atoms with Crippen molar-refractivity contribution in [1.82, 2.24) is 9.88 Å². The van der Waals surface area contributed by atoms with Crippen molar-refractivity contribution in [2.24, 2.45) is 11.8 Å². The van der Waals surface area contributed by atoms with E-state index < -0.39 is 5.34 Å². The Bertz CT molecular complexity index is 432. The first kappa shape index (κ1) is 18.2. The Morgan fingerprint density at radius 1 is 1.33 bits per heavy atom. The highest BCUT2D eigenvalue weighted by molar-refractivity contribution is 6.39. The lowest BCUT2D eigenvalue weighted by molar-refractivity contribution is 0.0370. The number of hydrogen-bond donors (Lipinski definition) is 0. The summed E-state index contributed by atoms with van der Waals surface area (Å²) in [4.78, 5) is 6.57. The largest absolute Gasteiger partial charge is 0.378 e. The van der Waals surface area contributed by atoms with Crippen molar-refractivity contribution in [3.8, 4) is 0 Å². The molecule has 5 heteroatoms. The lowest BCUT2D eigenvalue weighted by Crippen LogP contribution is -2.60. The van der Waals surface area contributed by atoms with Gasteiger partial charge < -0.3 is 9.64 Å². The van der Waals surface area contributed by atoms with Crippen molar-refractivity contribution in [2.75, 3.05) is 20.2 Å². The van der Waals surface area contributed by atoms with Crippen molar-refractivity contribution < 1.29 is 4.74 Å². The third-order valence-electron chi connectivity index (χ3n) is 3.89. The second-order valence-electron chi connectivity index (χ2n) is 5.68. The maximum atomic E-state index is 6.27. The summed E-state index contributed by atoms with van der Waals surface area (Å²) in [6.07, 6.45) is 0. The van der Waals surface area contributed by atoms with E-state index in [2.05, 4.69) is 23.7 Å². The van der Waals surface area contributed by atoms with E-state index in [1.54, 1.807) is 7.11 Å². The van der Waals surface area contributed by atoms with Gasteiger partial charge in [0.1, 0.15) is 0 Å². The molecule has 1 aliphatic rings. The van der Waals surface area contributed by atoms with Gasteiger partial charge in [-0.1, -0.05) is 33.8 Å². The smallest absolute Gasteiger partial charge is 0.0909 e. The average Bonchev–Trinajstić information content (AvgIpc) is 2.39. The summed E-state index contributed by atoms with van der Waals surface area (Å²) in [5, 5.41) is -0.991. The Balaban J connectivity index is 0.00000106. The molecular weight excluding hydrogens is 258 g/mol. The molecule has 1 aliphatic heterocycles. The highest BCUT2D eigenvalue weighted by Gasteiger charge is 2.39. The molecule has 1 fully saturated rings. The fraction of sp³-hybridized carbons (Fsp3) is 0.688. The van der Waals surface area contributed by atoms with Gasteiger partial charge in [-0.25, -0.2) is 0 Å². The number of hydrogen-bond acceptors (Lipinski definition) is 3. The Kier molecular flexibility index (Phi) is 6.95. The molecule has 4 radical (unpaired) electrons. The zero-order valence-corrected chi connectivity index (χ0v) is 14.0. The van der Waals surface area contributed by atoms with Crippen molar-refractivity contribution in [3.05, 3.63) is 29.6 Å². The van der Waals surface area contributed by atoms with Gasteiger partial charge >= 0.3 is 0 Å². The molecule has 0 amide bonds. The maximum absolute atomic E-state index is 6.27. The topological polar surface area (TPSA) is 25.4 Å². The molecular formula is C16H26B2N2O. The average molecular weight is 284 g/mol. The van der Waals surface area contributed by atoms with Gasteiger partial charge in [0.05, 0.1) is 28.0 Å². The van der Waals surface area contributed by atoms with Crippen LogP contribution in [0.1, 0.15) is 39.1 Å². The number of likely N-dealkylation sites (tertiary alicyclic amines) is 1. The monoisotopic (exact) mass is 284 g/mol. The Hall–Kier alpha value is -0.800. The van der Waals surface area contributed by atoms with Gasteiger partial charge in [-0.3, -0.25) is 4.98 Å². The van der Waals surface area contributed by atoms with Gasteiger partial charge in [0.15, 0.2) is 0 Å². The molecule has 1 aromatic rings. The van der Waals surface area contributed by atoms with E-state index in [0.29, 0.717) is 24.1 Å². The summed E-state index contributed by atoms with van der Waals surface area (Å²) in [5.41, 5.74) is 1.55. The fourth-order valence-electron chi connectivity index (χ4n) is 2.33. The van der Waals surface area contributed by atoms with Gasteiger partial charge in [0.2, 0.25) is 0 Å². The predicted octanol–water partition coefficient (Wildman–Crippen LogP) is 2.29. The predicted molar refractivity (Wildman–Crippen MR) is 89.4 cm³/mol. The molecule has 0 aromatic carbocycles. The summed E-state index contributed by atoms with van der Waals surface area (Å²) in [5.74, 6) is 1.34. The highest BCUT2D eigenvalue weighted by Crippen LogP contribution is 2.32. The van der Waals surface area contributed by atoms with Crippen LogP contribution >= 0.6 is 0 Å². The van der Waals surface area contributed by atoms with Crippen LogP contribution in [-0.2, 0) is 16.7 Å². The highest BCUT2D eigenvalue weighted by atomic mass is 16.5. The third-order valence-corrected chi connectivity index (χ3v) is 3.89. The first-order valence-corrected chi connectivity index (χ1v) is 7.73. The summed E-state index contributed by atoms with van der Waals surface area (Å²) >= 11 is 0. The van der Waals surface area contributed by atoms with Crippen molar-refractivity contribution in [2.45, 2.75) is 39.6 Å². The Morgan fingerprint density at radius 3 is 2.48 bits per heavy atom. The third kappa shape index (κ3) is 4.33. The van der Waals surface area contributed by atoms with E-state index in [1.807, 2.05) is 32.0 Å². The number of pyridine rings is 1. The molecule has 0 spiro atoms. The van der Waals surface area contributed by atoms with Gasteiger partial charge in [-0.2, -0.15) is 0 Å². The van der Waals surface area contributed by atoms with Crippen LogP contribution in [0.2, 0.25) is 0 Å². The number of rotatable bonds is 5. The molecule has 0 saturated carbocycles. The normalized spacial score (nSPS) is 16.3. The molecule has 2 heterocycles. The minimum atomic E-state index is -0.991. The van der Waals surface area contributed by atoms with Gasteiger partial charge in [-0.15, -0.1) is 0 Å². The van der Waals surface area contributed by atoms with Gasteiger partial charge in [-0.05, 0) is 29.3 Å². The van der Waals surface area contributed by atoms with E-state index in [4.69, 9.17) is 20.4 Å². The van der Waals surface area contributed by atoms with E-state index >= 15 is 0 Å². The molecule has 3 nitrogen and oxygen atoms in total. The summed E-state index contributed by atoms with van der Waals surface area (Å²) in [7, 11) is 14.2. The minimum absolute atomic E-state index is 0.471. The number of nitrogens with zero attached hydrogens (tertiary/aromatic N) is 2. The van der Waals surface area contributed by atoms with Gasteiger partial charge in [0, 0.05) is 25.9 Å². The lowest BCUT2D eigenvalue weighted by Gasteiger charge is -2.51.